The number of benzene rings is 2. The summed E-state index contributed by atoms with van der Waals surface area (Å²) in [6, 6.07) is 15.1. The van der Waals surface area contributed by atoms with Crippen molar-refractivity contribution in [2.45, 2.75) is 6.54 Å². The lowest BCUT2D eigenvalue weighted by atomic mass is 10.2. The van der Waals surface area contributed by atoms with E-state index in [1.807, 2.05) is 59.3 Å². The monoisotopic (exact) mass is 310 g/mol. The molecule has 0 unspecified atom stereocenters. The predicted octanol–water partition coefficient (Wildman–Crippen LogP) is 3.30. The molecule has 23 heavy (non-hydrogen) atoms. The molecule has 0 atom stereocenters. The molecule has 3 aromatic rings. The van der Waals surface area contributed by atoms with Gasteiger partial charge in [-0.2, -0.15) is 0 Å². The highest BCUT2D eigenvalue weighted by atomic mass is 16.5. The Hall–Kier alpha value is -2.95. The van der Waals surface area contributed by atoms with Gasteiger partial charge in [-0.15, -0.1) is 0 Å². The van der Waals surface area contributed by atoms with Gasteiger partial charge in [0.05, 0.1) is 25.4 Å². The molecule has 0 aliphatic carbocycles. The molecule has 118 valence electrons. The maximum Gasteiger partial charge on any atom is 0.244 e. The summed E-state index contributed by atoms with van der Waals surface area (Å²) in [5.41, 5.74) is 1.62. The topological polar surface area (TPSA) is 52.5 Å². The zero-order valence-corrected chi connectivity index (χ0v) is 13.1. The van der Waals surface area contributed by atoms with Crippen molar-refractivity contribution in [1.29, 1.82) is 0 Å². The van der Waals surface area contributed by atoms with Gasteiger partial charge in [-0.1, -0.05) is 18.2 Å². The predicted molar refractivity (Wildman–Crippen MR) is 90.1 cm³/mol. The van der Waals surface area contributed by atoms with Crippen LogP contribution < -0.4 is 14.8 Å². The fraction of sp³-hybridized carbons (Fsp3) is 0.167. The van der Waals surface area contributed by atoms with E-state index in [9.17, 15) is 4.79 Å². The highest BCUT2D eigenvalue weighted by Crippen LogP contribution is 2.27. The standard InChI is InChI=1S/C18H18N2O3/c1-22-16-9-5-7-15-13(16)10-11-20(15)12-18(21)19-14-6-3-4-8-17(14)23-2/h3-11H,12H2,1-2H3,(H,19,21). The minimum absolute atomic E-state index is 0.116. The van der Waals surface area contributed by atoms with Gasteiger partial charge in [0.15, 0.2) is 0 Å². The molecule has 0 spiro atoms. The summed E-state index contributed by atoms with van der Waals surface area (Å²) in [4.78, 5) is 12.3. The zero-order valence-electron chi connectivity index (χ0n) is 13.1. The van der Waals surface area contributed by atoms with Crippen molar-refractivity contribution in [2.24, 2.45) is 0 Å². The number of rotatable bonds is 5. The van der Waals surface area contributed by atoms with Crippen LogP contribution in [0.15, 0.2) is 54.7 Å². The molecule has 2 aromatic carbocycles. The van der Waals surface area contributed by atoms with E-state index >= 15 is 0 Å². The van der Waals surface area contributed by atoms with Crippen LogP contribution in [0.2, 0.25) is 0 Å². The van der Waals surface area contributed by atoms with Crippen LogP contribution in [0.1, 0.15) is 0 Å². The van der Waals surface area contributed by atoms with Crippen LogP contribution in [0.4, 0.5) is 5.69 Å². The summed E-state index contributed by atoms with van der Waals surface area (Å²) >= 11 is 0. The number of ether oxygens (including phenoxy) is 2. The Bertz CT molecular complexity index is 839. The summed E-state index contributed by atoms with van der Waals surface area (Å²) < 4.78 is 12.5. The maximum atomic E-state index is 12.3. The van der Waals surface area contributed by atoms with Crippen LogP contribution >= 0.6 is 0 Å². The van der Waals surface area contributed by atoms with Crippen molar-refractivity contribution in [3.8, 4) is 11.5 Å². The number of amides is 1. The molecule has 0 radical (unpaired) electrons. The SMILES string of the molecule is COc1ccccc1NC(=O)Cn1ccc2c(OC)cccc21. The summed E-state index contributed by atoms with van der Waals surface area (Å²) in [5.74, 6) is 1.32. The molecule has 1 aromatic heterocycles. The fourth-order valence-electron chi connectivity index (χ4n) is 2.60. The van der Waals surface area contributed by atoms with Crippen molar-refractivity contribution in [2.75, 3.05) is 19.5 Å². The van der Waals surface area contributed by atoms with E-state index in [4.69, 9.17) is 9.47 Å². The average molecular weight is 310 g/mol. The average Bonchev–Trinajstić information content (AvgIpc) is 2.98. The molecule has 0 saturated carbocycles. The summed E-state index contributed by atoms with van der Waals surface area (Å²) in [6.45, 7) is 0.217. The highest BCUT2D eigenvalue weighted by Gasteiger charge is 2.11. The highest BCUT2D eigenvalue weighted by molar-refractivity contribution is 5.94. The molecule has 0 saturated heterocycles. The van der Waals surface area contributed by atoms with Crippen LogP contribution in [0.25, 0.3) is 10.9 Å². The van der Waals surface area contributed by atoms with Gasteiger partial charge in [0, 0.05) is 11.6 Å². The van der Waals surface area contributed by atoms with Gasteiger partial charge in [0.25, 0.3) is 0 Å². The number of nitrogens with one attached hydrogen (secondary N) is 1. The van der Waals surface area contributed by atoms with Gasteiger partial charge in [-0.25, -0.2) is 0 Å². The van der Waals surface area contributed by atoms with Gasteiger partial charge in [-0.3, -0.25) is 4.79 Å². The summed E-state index contributed by atoms with van der Waals surface area (Å²) in [6.07, 6.45) is 1.88. The number of fused-ring (bicyclic) bond motifs is 1. The number of anilines is 1. The van der Waals surface area contributed by atoms with Crippen LogP contribution in [0.5, 0.6) is 11.5 Å². The Kier molecular flexibility index (Phi) is 4.19. The fourth-order valence-corrected chi connectivity index (χ4v) is 2.60. The first kappa shape index (κ1) is 15.0. The van der Waals surface area contributed by atoms with Gasteiger partial charge in [0.1, 0.15) is 18.0 Å². The van der Waals surface area contributed by atoms with E-state index in [1.165, 1.54) is 0 Å². The van der Waals surface area contributed by atoms with Crippen LogP contribution in [-0.2, 0) is 11.3 Å². The lowest BCUT2D eigenvalue weighted by molar-refractivity contribution is -0.116. The molecule has 1 heterocycles. The Morgan fingerprint density at radius 3 is 2.52 bits per heavy atom. The van der Waals surface area contributed by atoms with E-state index in [2.05, 4.69) is 5.32 Å². The minimum atomic E-state index is -0.116. The van der Waals surface area contributed by atoms with E-state index in [0.29, 0.717) is 11.4 Å². The first-order valence-electron chi connectivity index (χ1n) is 7.27. The zero-order chi connectivity index (χ0) is 16.2. The number of carbonyl (C=O) groups excluding carboxylic acids is 1. The quantitative estimate of drug-likeness (QED) is 0.786. The van der Waals surface area contributed by atoms with Gasteiger partial charge < -0.3 is 19.4 Å². The number of methoxy groups -OCH3 is 2. The van der Waals surface area contributed by atoms with E-state index < -0.39 is 0 Å². The maximum absolute atomic E-state index is 12.3. The molecule has 5 heteroatoms. The van der Waals surface area contributed by atoms with Crippen LogP contribution in [-0.4, -0.2) is 24.7 Å². The first-order valence-corrected chi connectivity index (χ1v) is 7.27. The summed E-state index contributed by atoms with van der Waals surface area (Å²) in [5, 5.41) is 3.86. The first-order chi connectivity index (χ1) is 11.2. The van der Waals surface area contributed by atoms with Gasteiger partial charge >= 0.3 is 0 Å². The van der Waals surface area contributed by atoms with Crippen LogP contribution in [0, 0.1) is 0 Å². The van der Waals surface area contributed by atoms with Crippen molar-refractivity contribution in [3.05, 3.63) is 54.7 Å². The van der Waals surface area contributed by atoms with Crippen molar-refractivity contribution in [1.82, 2.24) is 4.57 Å². The number of hydrogen-bond acceptors (Lipinski definition) is 3. The van der Waals surface area contributed by atoms with E-state index in [1.54, 1.807) is 14.2 Å². The smallest absolute Gasteiger partial charge is 0.244 e. The lowest BCUT2D eigenvalue weighted by Crippen LogP contribution is -2.18. The second kappa shape index (κ2) is 6.44. The number of hydrogen-bond donors (Lipinski definition) is 1. The lowest BCUT2D eigenvalue weighted by Gasteiger charge is -2.11. The van der Waals surface area contributed by atoms with Crippen LogP contribution in [0.3, 0.4) is 0 Å². The van der Waals surface area contributed by atoms with Gasteiger partial charge in [0.2, 0.25) is 5.91 Å². The number of aromatic nitrogens is 1. The third kappa shape index (κ3) is 2.99. The minimum Gasteiger partial charge on any atom is -0.496 e. The number of nitrogens with zero attached hydrogens (tertiary/aromatic N) is 1. The largest absolute Gasteiger partial charge is 0.496 e. The Morgan fingerprint density at radius 1 is 1.00 bits per heavy atom. The Labute approximate surface area is 134 Å². The van der Waals surface area contributed by atoms with Crippen molar-refractivity contribution in [3.63, 3.8) is 0 Å². The van der Waals surface area contributed by atoms with Crippen molar-refractivity contribution >= 4 is 22.5 Å². The molecular formula is C18H18N2O3. The normalized spacial score (nSPS) is 10.5. The van der Waals surface area contributed by atoms with Gasteiger partial charge in [-0.05, 0) is 30.3 Å². The molecule has 5 nitrogen and oxygen atoms in total. The number of para-hydroxylation sites is 2. The number of carbonyl (C=O) groups is 1. The third-order valence-corrected chi connectivity index (χ3v) is 3.69. The molecule has 1 N–H and O–H groups in total. The van der Waals surface area contributed by atoms with E-state index in [-0.39, 0.29) is 12.5 Å². The second-order valence-corrected chi connectivity index (χ2v) is 5.09. The summed E-state index contributed by atoms with van der Waals surface area (Å²) in [7, 11) is 3.22. The molecule has 0 aliphatic rings. The molecule has 0 fully saturated rings. The Balaban J connectivity index is 1.81. The molecular weight excluding hydrogens is 292 g/mol. The molecule has 0 aliphatic heterocycles. The second-order valence-electron chi connectivity index (χ2n) is 5.09. The van der Waals surface area contributed by atoms with Crippen molar-refractivity contribution < 1.29 is 14.3 Å². The Morgan fingerprint density at radius 2 is 1.74 bits per heavy atom. The van der Waals surface area contributed by atoms with E-state index in [0.717, 1.165) is 16.7 Å². The molecule has 3 rings (SSSR count). The molecule has 1 amide bonds. The third-order valence-electron chi connectivity index (χ3n) is 3.69. The molecule has 0 bridgehead atoms.